The Balaban J connectivity index is 2.48. The Labute approximate surface area is 161 Å². The zero-order valence-corrected chi connectivity index (χ0v) is 16.1. The van der Waals surface area contributed by atoms with E-state index in [9.17, 15) is 23.1 Å². The van der Waals surface area contributed by atoms with E-state index >= 15 is 0 Å². The van der Waals surface area contributed by atoms with Crippen molar-refractivity contribution in [2.45, 2.75) is 32.2 Å². The Morgan fingerprint density at radius 2 is 2.00 bits per heavy atom. The van der Waals surface area contributed by atoms with Gasteiger partial charge in [-0.1, -0.05) is 11.6 Å². The van der Waals surface area contributed by atoms with Gasteiger partial charge in [0.25, 0.3) is 0 Å². The van der Waals surface area contributed by atoms with Gasteiger partial charge in [-0.15, -0.1) is 0 Å². The smallest absolute Gasteiger partial charge is 0.389 e. The number of amides is 2. The lowest BCUT2D eigenvalue weighted by Crippen LogP contribution is -2.39. The molecule has 27 heavy (non-hydrogen) atoms. The van der Waals surface area contributed by atoms with Crippen LogP contribution < -0.4 is 5.32 Å². The van der Waals surface area contributed by atoms with Crippen molar-refractivity contribution in [3.63, 3.8) is 0 Å². The maximum Gasteiger partial charge on any atom is 0.417 e. The van der Waals surface area contributed by atoms with Crippen molar-refractivity contribution in [1.29, 1.82) is 0 Å². The molecule has 0 saturated heterocycles. The fourth-order valence-corrected chi connectivity index (χ4v) is 2.28. The van der Waals surface area contributed by atoms with Gasteiger partial charge in [0.1, 0.15) is 0 Å². The second-order valence-electron chi connectivity index (χ2n) is 6.15. The minimum atomic E-state index is -4.63. The van der Waals surface area contributed by atoms with E-state index in [0.717, 1.165) is 17.0 Å². The molecule has 0 fully saturated rings. The van der Waals surface area contributed by atoms with Crippen LogP contribution in [0.5, 0.6) is 0 Å². The molecule has 0 aromatic heterocycles. The predicted octanol–water partition coefficient (Wildman–Crippen LogP) is 3.63. The van der Waals surface area contributed by atoms with E-state index in [4.69, 9.17) is 21.1 Å². The fraction of sp³-hybridized carbons (Fsp3) is 0.588. The van der Waals surface area contributed by atoms with Crippen LogP contribution in [0.2, 0.25) is 5.02 Å². The molecule has 0 radical (unpaired) electrons. The Morgan fingerprint density at radius 3 is 2.59 bits per heavy atom. The molecular weight excluding hydrogens is 389 g/mol. The van der Waals surface area contributed by atoms with Gasteiger partial charge in [0.05, 0.1) is 49.2 Å². The normalized spacial score (nSPS) is 12.9. The van der Waals surface area contributed by atoms with Gasteiger partial charge in [-0.3, -0.25) is 0 Å². The highest BCUT2D eigenvalue weighted by Gasteiger charge is 2.33. The van der Waals surface area contributed by atoms with E-state index < -0.39 is 28.9 Å². The van der Waals surface area contributed by atoms with E-state index in [2.05, 4.69) is 5.32 Å². The summed E-state index contributed by atoms with van der Waals surface area (Å²) in [6, 6.07) is 2.40. The number of aliphatic hydroxyl groups excluding tert-OH is 1. The number of anilines is 1. The molecule has 1 unspecified atom stereocenters. The molecule has 6 nitrogen and oxygen atoms in total. The zero-order chi connectivity index (χ0) is 20.6. The molecular formula is C17H24ClF3N2O4. The first-order valence-corrected chi connectivity index (χ1v) is 8.64. The Morgan fingerprint density at radius 1 is 1.33 bits per heavy atom. The third kappa shape index (κ3) is 8.79. The second-order valence-corrected chi connectivity index (χ2v) is 6.56. The molecule has 0 aliphatic heterocycles. The van der Waals surface area contributed by atoms with Crippen LogP contribution in [0.15, 0.2) is 18.2 Å². The summed E-state index contributed by atoms with van der Waals surface area (Å²) in [6.45, 7) is 4.41. The lowest BCUT2D eigenvalue weighted by molar-refractivity contribution is -0.137. The Kier molecular flexibility index (Phi) is 9.31. The Bertz CT molecular complexity index is 614. The second kappa shape index (κ2) is 10.7. The van der Waals surface area contributed by atoms with E-state index in [-0.39, 0.29) is 24.9 Å². The van der Waals surface area contributed by atoms with Crippen molar-refractivity contribution in [3.8, 4) is 0 Å². The number of carbonyl (C=O) groups is 1. The van der Waals surface area contributed by atoms with Gasteiger partial charge in [0.2, 0.25) is 0 Å². The van der Waals surface area contributed by atoms with Crippen molar-refractivity contribution in [3.05, 3.63) is 28.8 Å². The third-order valence-electron chi connectivity index (χ3n) is 3.34. The first-order chi connectivity index (χ1) is 12.5. The van der Waals surface area contributed by atoms with Crippen LogP contribution in [0.3, 0.4) is 0 Å². The van der Waals surface area contributed by atoms with Crippen LogP contribution in [-0.2, 0) is 15.7 Å². The highest BCUT2D eigenvalue weighted by molar-refractivity contribution is 6.31. The SMILES string of the molecule is CC(C)OCCOCC(O)CN(C)C(=O)Nc1ccc(Cl)c(C(F)(F)F)c1. The molecule has 0 heterocycles. The average Bonchev–Trinajstić information content (AvgIpc) is 2.54. The van der Waals surface area contributed by atoms with E-state index in [1.165, 1.54) is 13.1 Å². The molecule has 1 rings (SSSR count). The number of urea groups is 1. The number of likely N-dealkylation sites (N-methyl/N-ethyl adjacent to an activating group) is 1. The quantitative estimate of drug-likeness (QED) is 0.608. The number of alkyl halides is 3. The first kappa shape index (κ1) is 23.5. The highest BCUT2D eigenvalue weighted by Crippen LogP contribution is 2.36. The van der Waals surface area contributed by atoms with Crippen LogP contribution in [0.25, 0.3) is 0 Å². The summed E-state index contributed by atoms with van der Waals surface area (Å²) < 4.78 is 49.1. The van der Waals surface area contributed by atoms with Gasteiger partial charge in [-0.25, -0.2) is 4.79 Å². The lowest BCUT2D eigenvalue weighted by Gasteiger charge is -2.22. The molecule has 0 saturated carbocycles. The minimum absolute atomic E-state index is 0.00174. The summed E-state index contributed by atoms with van der Waals surface area (Å²) in [6.07, 6.45) is -5.49. The van der Waals surface area contributed by atoms with Gasteiger partial charge >= 0.3 is 12.2 Å². The standard InChI is InChI=1S/C17H24ClF3N2O4/c1-11(2)27-7-6-26-10-13(24)9-23(3)16(25)22-12-4-5-15(18)14(8-12)17(19,20)21/h4-5,8,11,13,24H,6-7,9-10H2,1-3H3,(H,22,25). The van der Waals surface area contributed by atoms with Gasteiger partial charge < -0.3 is 24.8 Å². The topological polar surface area (TPSA) is 71.0 Å². The third-order valence-corrected chi connectivity index (χ3v) is 3.67. The minimum Gasteiger partial charge on any atom is -0.389 e. The summed E-state index contributed by atoms with van der Waals surface area (Å²) >= 11 is 5.54. The average molecular weight is 413 g/mol. The number of benzene rings is 1. The van der Waals surface area contributed by atoms with Crippen molar-refractivity contribution >= 4 is 23.3 Å². The van der Waals surface area contributed by atoms with Crippen molar-refractivity contribution in [2.75, 3.05) is 38.7 Å². The molecule has 154 valence electrons. The number of rotatable bonds is 9. The number of ether oxygens (including phenoxy) is 2. The first-order valence-electron chi connectivity index (χ1n) is 8.27. The van der Waals surface area contributed by atoms with E-state index in [1.54, 1.807) is 0 Å². The Hall–Kier alpha value is -1.55. The summed E-state index contributed by atoms with van der Waals surface area (Å²) in [5.74, 6) is 0. The molecule has 2 amide bonds. The van der Waals surface area contributed by atoms with Gasteiger partial charge in [0, 0.05) is 12.7 Å². The van der Waals surface area contributed by atoms with Gasteiger partial charge in [0.15, 0.2) is 0 Å². The van der Waals surface area contributed by atoms with Crippen LogP contribution in [0.4, 0.5) is 23.7 Å². The maximum absolute atomic E-state index is 12.9. The van der Waals surface area contributed by atoms with Crippen LogP contribution >= 0.6 is 11.6 Å². The molecule has 1 aromatic rings. The molecule has 0 spiro atoms. The molecule has 2 N–H and O–H groups in total. The van der Waals surface area contributed by atoms with Crippen LogP contribution in [0.1, 0.15) is 19.4 Å². The summed E-state index contributed by atoms with van der Waals surface area (Å²) in [5, 5.41) is 11.8. The lowest BCUT2D eigenvalue weighted by atomic mass is 10.2. The largest absolute Gasteiger partial charge is 0.417 e. The van der Waals surface area contributed by atoms with Crippen molar-refractivity contribution in [2.24, 2.45) is 0 Å². The van der Waals surface area contributed by atoms with Crippen molar-refractivity contribution in [1.82, 2.24) is 4.90 Å². The zero-order valence-electron chi connectivity index (χ0n) is 15.3. The number of nitrogens with one attached hydrogen (secondary N) is 1. The fourth-order valence-electron chi connectivity index (χ4n) is 2.05. The summed E-state index contributed by atoms with van der Waals surface area (Å²) in [7, 11) is 1.40. The molecule has 0 aliphatic rings. The van der Waals surface area contributed by atoms with Crippen LogP contribution in [-0.4, -0.2) is 61.7 Å². The monoisotopic (exact) mass is 412 g/mol. The number of carbonyl (C=O) groups excluding carboxylic acids is 1. The number of aliphatic hydroxyl groups is 1. The summed E-state index contributed by atoms with van der Waals surface area (Å²) in [4.78, 5) is 13.2. The highest BCUT2D eigenvalue weighted by atomic mass is 35.5. The maximum atomic E-state index is 12.9. The summed E-state index contributed by atoms with van der Waals surface area (Å²) in [5.41, 5.74) is -1.10. The number of hydrogen-bond donors (Lipinski definition) is 2. The van der Waals surface area contributed by atoms with E-state index in [0.29, 0.717) is 13.2 Å². The molecule has 1 aromatic carbocycles. The molecule has 1 atom stereocenters. The van der Waals surface area contributed by atoms with Gasteiger partial charge in [-0.05, 0) is 32.0 Å². The molecule has 0 aliphatic carbocycles. The molecule has 10 heteroatoms. The van der Waals surface area contributed by atoms with Crippen LogP contribution in [0, 0.1) is 0 Å². The van der Waals surface area contributed by atoms with Gasteiger partial charge in [-0.2, -0.15) is 13.2 Å². The number of halogens is 4. The van der Waals surface area contributed by atoms with E-state index in [1.807, 2.05) is 13.8 Å². The predicted molar refractivity (Wildman–Crippen MR) is 96.0 cm³/mol. The molecule has 0 bridgehead atoms. The number of nitrogens with zero attached hydrogens (tertiary/aromatic N) is 1. The number of hydrogen-bond acceptors (Lipinski definition) is 4. The van der Waals surface area contributed by atoms with Crippen molar-refractivity contribution < 1.29 is 32.5 Å².